The standard InChI is InChI=1S/C13H17FN2/c1-4-13(2,3)9-16-11-6-5-10(8-15)12(14)7-11/h5-7,16H,4,9H2,1-3H3. The third-order valence-electron chi connectivity index (χ3n) is 2.82. The molecule has 0 bridgehead atoms. The highest BCUT2D eigenvalue weighted by Gasteiger charge is 2.14. The molecule has 0 heterocycles. The highest BCUT2D eigenvalue weighted by atomic mass is 19.1. The Balaban J connectivity index is 2.70. The average molecular weight is 220 g/mol. The quantitative estimate of drug-likeness (QED) is 0.842. The molecule has 1 rings (SSSR count). The van der Waals surface area contributed by atoms with Gasteiger partial charge in [0.25, 0.3) is 0 Å². The van der Waals surface area contributed by atoms with Gasteiger partial charge in [-0.1, -0.05) is 20.8 Å². The van der Waals surface area contributed by atoms with Crippen LogP contribution < -0.4 is 5.32 Å². The van der Waals surface area contributed by atoms with Crippen LogP contribution in [0.5, 0.6) is 0 Å². The molecule has 3 heteroatoms. The van der Waals surface area contributed by atoms with Crippen LogP contribution >= 0.6 is 0 Å². The lowest BCUT2D eigenvalue weighted by Gasteiger charge is -2.23. The Bertz CT molecular complexity index is 405. The van der Waals surface area contributed by atoms with Crippen LogP contribution in [-0.2, 0) is 0 Å². The number of rotatable bonds is 4. The van der Waals surface area contributed by atoms with E-state index in [9.17, 15) is 4.39 Å². The van der Waals surface area contributed by atoms with Crippen molar-refractivity contribution in [2.45, 2.75) is 27.2 Å². The molecule has 0 aliphatic carbocycles. The summed E-state index contributed by atoms with van der Waals surface area (Å²) in [6, 6.07) is 6.39. The van der Waals surface area contributed by atoms with Crippen LogP contribution in [0, 0.1) is 22.6 Å². The van der Waals surface area contributed by atoms with Crippen LogP contribution in [0.2, 0.25) is 0 Å². The minimum absolute atomic E-state index is 0.0836. The molecule has 0 saturated heterocycles. The van der Waals surface area contributed by atoms with E-state index in [0.29, 0.717) is 0 Å². The normalized spacial score (nSPS) is 10.9. The van der Waals surface area contributed by atoms with Crippen molar-refractivity contribution in [1.82, 2.24) is 0 Å². The number of nitrogens with one attached hydrogen (secondary N) is 1. The van der Waals surface area contributed by atoms with Crippen molar-refractivity contribution < 1.29 is 4.39 Å². The largest absolute Gasteiger partial charge is 0.384 e. The molecule has 16 heavy (non-hydrogen) atoms. The molecule has 0 saturated carbocycles. The first-order valence-electron chi connectivity index (χ1n) is 5.42. The van der Waals surface area contributed by atoms with Crippen LogP contribution in [-0.4, -0.2) is 6.54 Å². The monoisotopic (exact) mass is 220 g/mol. The molecule has 86 valence electrons. The summed E-state index contributed by atoms with van der Waals surface area (Å²) in [6.45, 7) is 7.22. The van der Waals surface area contributed by atoms with E-state index in [2.05, 4.69) is 26.1 Å². The lowest BCUT2D eigenvalue weighted by Crippen LogP contribution is -2.22. The molecule has 0 spiro atoms. The van der Waals surface area contributed by atoms with E-state index in [-0.39, 0.29) is 11.0 Å². The maximum atomic E-state index is 13.3. The molecule has 0 amide bonds. The van der Waals surface area contributed by atoms with Crippen LogP contribution in [0.3, 0.4) is 0 Å². The Labute approximate surface area is 96.1 Å². The molecule has 1 aromatic rings. The third-order valence-corrected chi connectivity index (χ3v) is 2.82. The Kier molecular flexibility index (Phi) is 3.89. The second kappa shape index (κ2) is 4.98. The first kappa shape index (κ1) is 12.5. The summed E-state index contributed by atoms with van der Waals surface area (Å²) in [4.78, 5) is 0. The Morgan fingerprint density at radius 1 is 1.44 bits per heavy atom. The smallest absolute Gasteiger partial charge is 0.143 e. The summed E-state index contributed by atoms with van der Waals surface area (Å²) in [5.41, 5.74) is 0.989. The zero-order valence-corrected chi connectivity index (χ0v) is 9.97. The van der Waals surface area contributed by atoms with Crippen LogP contribution in [0.1, 0.15) is 32.8 Å². The minimum Gasteiger partial charge on any atom is -0.384 e. The highest BCUT2D eigenvalue weighted by Crippen LogP contribution is 2.21. The fraction of sp³-hybridized carbons (Fsp3) is 0.462. The van der Waals surface area contributed by atoms with E-state index >= 15 is 0 Å². The second-order valence-corrected chi connectivity index (χ2v) is 4.68. The van der Waals surface area contributed by atoms with Gasteiger partial charge in [-0.15, -0.1) is 0 Å². The van der Waals surface area contributed by atoms with Crippen molar-refractivity contribution in [2.75, 3.05) is 11.9 Å². The number of hydrogen-bond donors (Lipinski definition) is 1. The lowest BCUT2D eigenvalue weighted by atomic mass is 9.90. The molecule has 0 fully saturated rings. The molecular formula is C13H17FN2. The summed E-state index contributed by atoms with van der Waals surface area (Å²) in [6.07, 6.45) is 1.05. The average Bonchev–Trinajstić information content (AvgIpc) is 2.27. The number of anilines is 1. The minimum atomic E-state index is -0.471. The van der Waals surface area contributed by atoms with Gasteiger partial charge in [0.15, 0.2) is 0 Å². The maximum absolute atomic E-state index is 13.3. The number of benzene rings is 1. The van der Waals surface area contributed by atoms with Crippen molar-refractivity contribution in [3.63, 3.8) is 0 Å². The van der Waals surface area contributed by atoms with Gasteiger partial charge in [-0.25, -0.2) is 4.39 Å². The van der Waals surface area contributed by atoms with Gasteiger partial charge < -0.3 is 5.32 Å². The molecule has 2 nitrogen and oxygen atoms in total. The van der Waals surface area contributed by atoms with Crippen molar-refractivity contribution in [2.24, 2.45) is 5.41 Å². The Morgan fingerprint density at radius 2 is 2.12 bits per heavy atom. The zero-order valence-electron chi connectivity index (χ0n) is 9.97. The number of halogens is 1. The van der Waals surface area contributed by atoms with Crippen molar-refractivity contribution in [3.8, 4) is 6.07 Å². The van der Waals surface area contributed by atoms with Crippen LogP contribution in [0.15, 0.2) is 18.2 Å². The first-order chi connectivity index (χ1) is 7.48. The molecule has 0 atom stereocenters. The van der Waals surface area contributed by atoms with Gasteiger partial charge in [0, 0.05) is 12.2 Å². The predicted molar refractivity (Wildman–Crippen MR) is 63.7 cm³/mol. The molecule has 0 aliphatic rings. The van der Waals surface area contributed by atoms with E-state index in [0.717, 1.165) is 18.7 Å². The Hall–Kier alpha value is -1.56. The van der Waals surface area contributed by atoms with Gasteiger partial charge in [-0.3, -0.25) is 0 Å². The highest BCUT2D eigenvalue weighted by molar-refractivity contribution is 5.48. The van der Waals surface area contributed by atoms with Crippen molar-refractivity contribution >= 4 is 5.69 Å². The Morgan fingerprint density at radius 3 is 2.62 bits per heavy atom. The molecule has 1 aromatic carbocycles. The summed E-state index contributed by atoms with van der Waals surface area (Å²) in [5, 5.41) is 11.8. The third kappa shape index (κ3) is 3.23. The van der Waals surface area contributed by atoms with E-state index in [1.165, 1.54) is 12.1 Å². The number of nitriles is 1. The fourth-order valence-electron chi connectivity index (χ4n) is 1.18. The summed E-state index contributed by atoms with van der Waals surface area (Å²) in [7, 11) is 0. The second-order valence-electron chi connectivity index (χ2n) is 4.68. The van der Waals surface area contributed by atoms with Crippen LogP contribution in [0.25, 0.3) is 0 Å². The first-order valence-corrected chi connectivity index (χ1v) is 5.42. The van der Waals surface area contributed by atoms with Gasteiger partial charge in [0.2, 0.25) is 0 Å². The SMILES string of the molecule is CCC(C)(C)CNc1ccc(C#N)c(F)c1. The zero-order chi connectivity index (χ0) is 12.2. The predicted octanol–water partition coefficient (Wildman–Crippen LogP) is 3.55. The molecule has 0 aromatic heterocycles. The van der Waals surface area contributed by atoms with Gasteiger partial charge in [-0.2, -0.15) is 5.26 Å². The van der Waals surface area contributed by atoms with E-state index < -0.39 is 5.82 Å². The summed E-state index contributed by atoms with van der Waals surface area (Å²) < 4.78 is 13.3. The van der Waals surface area contributed by atoms with E-state index in [1.807, 2.05) is 0 Å². The topological polar surface area (TPSA) is 35.8 Å². The lowest BCUT2D eigenvalue weighted by molar-refractivity contribution is 0.377. The van der Waals surface area contributed by atoms with E-state index in [4.69, 9.17) is 5.26 Å². The molecule has 1 N–H and O–H groups in total. The number of nitrogens with zero attached hydrogens (tertiary/aromatic N) is 1. The maximum Gasteiger partial charge on any atom is 0.143 e. The van der Waals surface area contributed by atoms with E-state index in [1.54, 1.807) is 12.1 Å². The fourth-order valence-corrected chi connectivity index (χ4v) is 1.18. The van der Waals surface area contributed by atoms with Gasteiger partial charge in [0.05, 0.1) is 5.56 Å². The van der Waals surface area contributed by atoms with Gasteiger partial charge in [0.1, 0.15) is 11.9 Å². The molecule has 0 unspecified atom stereocenters. The molecule has 0 radical (unpaired) electrons. The number of hydrogen-bond acceptors (Lipinski definition) is 2. The summed E-state index contributed by atoms with van der Waals surface area (Å²) >= 11 is 0. The summed E-state index contributed by atoms with van der Waals surface area (Å²) in [5.74, 6) is -0.471. The van der Waals surface area contributed by atoms with Gasteiger partial charge >= 0.3 is 0 Å². The van der Waals surface area contributed by atoms with Crippen LogP contribution in [0.4, 0.5) is 10.1 Å². The van der Waals surface area contributed by atoms with Gasteiger partial charge in [-0.05, 0) is 30.0 Å². The van der Waals surface area contributed by atoms with Crippen molar-refractivity contribution in [3.05, 3.63) is 29.6 Å². The molecular weight excluding hydrogens is 203 g/mol. The molecule has 0 aliphatic heterocycles. The van der Waals surface area contributed by atoms with Crippen molar-refractivity contribution in [1.29, 1.82) is 5.26 Å².